The summed E-state index contributed by atoms with van der Waals surface area (Å²) in [6.07, 6.45) is 0. The van der Waals surface area contributed by atoms with Crippen molar-refractivity contribution >= 4 is 34.1 Å². The van der Waals surface area contributed by atoms with Gasteiger partial charge in [0.2, 0.25) is 0 Å². The van der Waals surface area contributed by atoms with Crippen LogP contribution in [0.15, 0.2) is 41.3 Å². The highest BCUT2D eigenvalue weighted by Crippen LogP contribution is 2.27. The van der Waals surface area contributed by atoms with E-state index in [9.17, 15) is 23.9 Å². The number of anilines is 1. The van der Waals surface area contributed by atoms with E-state index in [1.165, 1.54) is 18.2 Å². The first-order valence-corrected chi connectivity index (χ1v) is 9.76. The van der Waals surface area contributed by atoms with Crippen LogP contribution in [0, 0.1) is 24.0 Å². The lowest BCUT2D eigenvalue weighted by atomic mass is 10.1. The Balaban J connectivity index is 2.10. The highest BCUT2D eigenvalue weighted by molar-refractivity contribution is 7.85. The summed E-state index contributed by atoms with van der Waals surface area (Å²) in [7, 11) is -1.36. The molecule has 0 fully saturated rings. The van der Waals surface area contributed by atoms with Crippen molar-refractivity contribution in [2.45, 2.75) is 25.7 Å². The summed E-state index contributed by atoms with van der Waals surface area (Å²) in [5.41, 5.74) is 1.39. The number of esters is 1. The van der Waals surface area contributed by atoms with Crippen LogP contribution in [-0.2, 0) is 20.3 Å². The fourth-order valence-electron chi connectivity index (χ4n) is 2.44. The Bertz CT molecular complexity index is 957. The second kappa shape index (κ2) is 9.23. The van der Waals surface area contributed by atoms with Crippen molar-refractivity contribution in [3.63, 3.8) is 0 Å². The zero-order chi connectivity index (χ0) is 20.8. The molecular formula is C19H20N2O6S. The van der Waals surface area contributed by atoms with Gasteiger partial charge in [-0.05, 0) is 43.2 Å². The van der Waals surface area contributed by atoms with Crippen molar-refractivity contribution in [3.05, 3.63) is 63.2 Å². The van der Waals surface area contributed by atoms with Crippen LogP contribution < -0.4 is 5.32 Å². The molecule has 0 bridgehead atoms. The van der Waals surface area contributed by atoms with Crippen LogP contribution in [-0.4, -0.2) is 33.4 Å². The number of carbonyl (C=O) groups is 2. The van der Waals surface area contributed by atoms with Gasteiger partial charge in [0.05, 0.1) is 26.2 Å². The summed E-state index contributed by atoms with van der Waals surface area (Å²) < 4.78 is 17.0. The van der Waals surface area contributed by atoms with Crippen molar-refractivity contribution in [2.75, 3.05) is 17.7 Å². The first-order chi connectivity index (χ1) is 13.2. The lowest BCUT2D eigenvalue weighted by Gasteiger charge is -2.10. The van der Waals surface area contributed by atoms with E-state index in [1.807, 2.05) is 0 Å². The Hall–Kier alpha value is -3.07. The van der Waals surface area contributed by atoms with E-state index in [2.05, 4.69) is 5.32 Å². The minimum absolute atomic E-state index is 0.0293. The first-order valence-electron chi connectivity index (χ1n) is 8.44. The van der Waals surface area contributed by atoms with E-state index < -0.39 is 34.2 Å². The number of nitro groups is 1. The molecule has 2 aromatic rings. The normalized spacial score (nSPS) is 11.5. The maximum Gasteiger partial charge on any atom is 0.339 e. The summed E-state index contributed by atoms with van der Waals surface area (Å²) in [5.74, 6) is -1.17. The number of rotatable bonds is 7. The van der Waals surface area contributed by atoms with Gasteiger partial charge in [0.1, 0.15) is 5.69 Å². The van der Waals surface area contributed by atoms with Crippen molar-refractivity contribution in [2.24, 2.45) is 0 Å². The van der Waals surface area contributed by atoms with Gasteiger partial charge in [-0.25, -0.2) is 4.79 Å². The molecule has 0 heterocycles. The van der Waals surface area contributed by atoms with Crippen LogP contribution in [0.4, 0.5) is 11.4 Å². The van der Waals surface area contributed by atoms with E-state index in [0.717, 1.165) is 11.1 Å². The molecule has 2 aromatic carbocycles. The summed E-state index contributed by atoms with van der Waals surface area (Å²) in [6, 6.07) is 9.16. The van der Waals surface area contributed by atoms with Crippen LogP contribution in [0.2, 0.25) is 0 Å². The molecule has 28 heavy (non-hydrogen) atoms. The number of nitrogens with zero attached hydrogens (tertiary/aromatic N) is 1. The average Bonchev–Trinajstić information content (AvgIpc) is 2.67. The molecule has 0 saturated heterocycles. The van der Waals surface area contributed by atoms with Gasteiger partial charge in [0.25, 0.3) is 11.6 Å². The minimum atomic E-state index is -1.36. The van der Waals surface area contributed by atoms with E-state index in [0.29, 0.717) is 10.6 Å². The SMILES string of the molecule is CC[S@](=O)c1ccccc1C(=O)OCC(=O)Nc1cc(C)c(C)cc1[N+](=O)[O-]. The molecule has 0 spiro atoms. The molecule has 0 aliphatic rings. The lowest BCUT2D eigenvalue weighted by molar-refractivity contribution is -0.384. The van der Waals surface area contributed by atoms with E-state index in [1.54, 1.807) is 39.0 Å². The van der Waals surface area contributed by atoms with Crippen molar-refractivity contribution in [1.29, 1.82) is 0 Å². The fourth-order valence-corrected chi connectivity index (χ4v) is 3.37. The Kier molecular flexibility index (Phi) is 7.00. The lowest BCUT2D eigenvalue weighted by Crippen LogP contribution is -2.22. The Labute approximate surface area is 164 Å². The van der Waals surface area contributed by atoms with Gasteiger partial charge in [0, 0.05) is 11.8 Å². The molecule has 148 valence electrons. The van der Waals surface area contributed by atoms with E-state index >= 15 is 0 Å². The predicted octanol–water partition coefficient (Wildman–Crippen LogP) is 3.13. The molecule has 1 atom stereocenters. The largest absolute Gasteiger partial charge is 0.452 e. The summed E-state index contributed by atoms with van der Waals surface area (Å²) >= 11 is 0. The van der Waals surface area contributed by atoms with Crippen LogP contribution in [0.25, 0.3) is 0 Å². The zero-order valence-electron chi connectivity index (χ0n) is 15.7. The van der Waals surface area contributed by atoms with Gasteiger partial charge in [0.15, 0.2) is 6.61 Å². The van der Waals surface area contributed by atoms with Crippen molar-refractivity contribution in [3.8, 4) is 0 Å². The minimum Gasteiger partial charge on any atom is -0.452 e. The second-order valence-electron chi connectivity index (χ2n) is 5.97. The average molecular weight is 404 g/mol. The first kappa shape index (κ1) is 21.2. The van der Waals surface area contributed by atoms with Crippen LogP contribution in [0.1, 0.15) is 28.4 Å². The molecule has 0 unspecified atom stereocenters. The monoisotopic (exact) mass is 404 g/mol. The summed E-state index contributed by atoms with van der Waals surface area (Å²) in [5, 5.41) is 13.6. The zero-order valence-corrected chi connectivity index (χ0v) is 16.5. The van der Waals surface area contributed by atoms with E-state index in [-0.39, 0.29) is 16.9 Å². The van der Waals surface area contributed by atoms with Crippen LogP contribution >= 0.6 is 0 Å². The molecule has 8 nitrogen and oxygen atoms in total. The predicted molar refractivity (Wildman–Crippen MR) is 105 cm³/mol. The Morgan fingerprint density at radius 3 is 2.46 bits per heavy atom. The molecular weight excluding hydrogens is 384 g/mol. The van der Waals surface area contributed by atoms with Gasteiger partial charge >= 0.3 is 5.97 Å². The van der Waals surface area contributed by atoms with E-state index in [4.69, 9.17) is 4.74 Å². The number of ether oxygens (including phenoxy) is 1. The van der Waals surface area contributed by atoms with Crippen molar-refractivity contribution < 1.29 is 23.5 Å². The van der Waals surface area contributed by atoms with Crippen LogP contribution in [0.5, 0.6) is 0 Å². The van der Waals surface area contributed by atoms with Gasteiger partial charge in [-0.15, -0.1) is 0 Å². The molecule has 2 rings (SSSR count). The number of benzene rings is 2. The Morgan fingerprint density at radius 2 is 1.82 bits per heavy atom. The number of hydrogen-bond donors (Lipinski definition) is 1. The molecule has 9 heteroatoms. The summed E-state index contributed by atoms with van der Waals surface area (Å²) in [6.45, 7) is 4.59. The molecule has 0 aromatic heterocycles. The quantitative estimate of drug-likeness (QED) is 0.431. The Morgan fingerprint density at radius 1 is 1.18 bits per heavy atom. The standard InChI is InChI=1S/C19H20N2O6S/c1-4-28(26)17-8-6-5-7-14(17)19(23)27-11-18(22)20-15-9-12(2)13(3)10-16(15)21(24)25/h5-10H,4,11H2,1-3H3,(H,20,22)/t28-/m0/s1. The second-order valence-corrected chi connectivity index (χ2v) is 7.67. The summed E-state index contributed by atoms with van der Waals surface area (Å²) in [4.78, 5) is 35.3. The number of carbonyl (C=O) groups excluding carboxylic acids is 2. The maximum atomic E-state index is 12.3. The fraction of sp³-hybridized carbons (Fsp3) is 0.263. The number of amides is 1. The third kappa shape index (κ3) is 5.01. The van der Waals surface area contributed by atoms with Crippen molar-refractivity contribution in [1.82, 2.24) is 0 Å². The topological polar surface area (TPSA) is 116 Å². The highest BCUT2D eigenvalue weighted by Gasteiger charge is 2.20. The number of nitro benzene ring substituents is 1. The van der Waals surface area contributed by atoms with Gasteiger partial charge in [-0.3, -0.25) is 19.1 Å². The third-order valence-corrected chi connectivity index (χ3v) is 5.40. The number of aryl methyl sites for hydroxylation is 2. The smallest absolute Gasteiger partial charge is 0.339 e. The highest BCUT2D eigenvalue weighted by atomic mass is 32.2. The number of hydrogen-bond acceptors (Lipinski definition) is 6. The van der Waals surface area contributed by atoms with Crippen LogP contribution in [0.3, 0.4) is 0 Å². The molecule has 0 radical (unpaired) electrons. The van der Waals surface area contributed by atoms with Gasteiger partial charge in [-0.1, -0.05) is 19.1 Å². The molecule has 0 saturated carbocycles. The molecule has 1 amide bonds. The number of nitrogens with one attached hydrogen (secondary N) is 1. The molecule has 1 N–H and O–H groups in total. The third-order valence-electron chi connectivity index (χ3n) is 4.03. The maximum absolute atomic E-state index is 12.3. The van der Waals surface area contributed by atoms with Gasteiger partial charge in [-0.2, -0.15) is 0 Å². The molecule has 0 aliphatic carbocycles. The van der Waals surface area contributed by atoms with Gasteiger partial charge < -0.3 is 10.1 Å². The molecule has 0 aliphatic heterocycles.